The molecule has 9 heteroatoms. The molecule has 2 heterocycles. The number of thiophene rings is 1. The minimum Gasteiger partial charge on any atom is -0.493 e. The number of aromatic nitrogens is 1. The molecule has 8 nitrogen and oxygen atoms in total. The molecule has 0 saturated heterocycles. The second-order valence-corrected chi connectivity index (χ2v) is 6.47. The standard InChI is InChI=1S/C18H16N4O4S/c1-24-11-5-8(6-12(25-2)15(11)26-3)14(23)16-13(20)10-4-9(7-19)17(21)22-18(10)27-16/h4-6H,20H2,1-3H3,(H2,21,22). The first-order valence-electron chi connectivity index (χ1n) is 7.68. The second-order valence-electron chi connectivity index (χ2n) is 5.47. The Morgan fingerprint density at radius 3 is 2.26 bits per heavy atom. The van der Waals surface area contributed by atoms with Crippen LogP contribution in [0.25, 0.3) is 10.2 Å². The highest BCUT2D eigenvalue weighted by molar-refractivity contribution is 7.21. The normalized spacial score (nSPS) is 10.4. The van der Waals surface area contributed by atoms with Crippen LogP contribution in [0.2, 0.25) is 0 Å². The number of carbonyl (C=O) groups excluding carboxylic acids is 1. The largest absolute Gasteiger partial charge is 0.493 e. The van der Waals surface area contributed by atoms with Crippen molar-refractivity contribution in [3.8, 4) is 23.3 Å². The van der Waals surface area contributed by atoms with E-state index in [0.29, 0.717) is 37.9 Å². The Hall–Kier alpha value is -3.51. The highest BCUT2D eigenvalue weighted by Crippen LogP contribution is 2.41. The number of fused-ring (bicyclic) bond motifs is 1. The van der Waals surface area contributed by atoms with Gasteiger partial charge in [0.1, 0.15) is 21.6 Å². The van der Waals surface area contributed by atoms with Crippen molar-refractivity contribution in [2.45, 2.75) is 0 Å². The quantitative estimate of drug-likeness (QED) is 0.641. The monoisotopic (exact) mass is 384 g/mol. The van der Waals surface area contributed by atoms with Crippen LogP contribution in [0.15, 0.2) is 18.2 Å². The number of hydrogen-bond donors (Lipinski definition) is 2. The van der Waals surface area contributed by atoms with Crippen molar-refractivity contribution in [1.82, 2.24) is 4.98 Å². The number of anilines is 2. The number of hydrogen-bond acceptors (Lipinski definition) is 9. The topological polar surface area (TPSA) is 133 Å². The van der Waals surface area contributed by atoms with Gasteiger partial charge in [-0.3, -0.25) is 4.79 Å². The SMILES string of the molecule is COc1cc(C(=O)c2sc3nc(N)c(C#N)cc3c2N)cc(OC)c1OC. The number of benzene rings is 1. The van der Waals surface area contributed by atoms with Crippen molar-refractivity contribution in [3.05, 3.63) is 34.2 Å². The van der Waals surface area contributed by atoms with Crippen LogP contribution in [0.1, 0.15) is 20.8 Å². The van der Waals surface area contributed by atoms with Crippen molar-refractivity contribution in [2.24, 2.45) is 0 Å². The van der Waals surface area contributed by atoms with Crippen molar-refractivity contribution >= 4 is 38.8 Å². The average molecular weight is 384 g/mol. The number of rotatable bonds is 5. The number of ether oxygens (including phenoxy) is 3. The summed E-state index contributed by atoms with van der Waals surface area (Å²) in [4.78, 5) is 18.0. The average Bonchev–Trinajstić information content (AvgIpc) is 3.00. The third-order valence-electron chi connectivity index (χ3n) is 4.00. The molecule has 0 atom stereocenters. The highest BCUT2D eigenvalue weighted by Gasteiger charge is 2.23. The summed E-state index contributed by atoms with van der Waals surface area (Å²) in [5.74, 6) is 0.863. The summed E-state index contributed by atoms with van der Waals surface area (Å²) in [5, 5.41) is 9.63. The molecule has 0 aliphatic heterocycles. The van der Waals surface area contributed by atoms with E-state index in [-0.39, 0.29) is 22.9 Å². The van der Waals surface area contributed by atoms with E-state index in [1.54, 1.807) is 12.1 Å². The van der Waals surface area contributed by atoms with Crippen molar-refractivity contribution in [1.29, 1.82) is 5.26 Å². The van der Waals surface area contributed by atoms with Crippen LogP contribution in [0.5, 0.6) is 17.2 Å². The van der Waals surface area contributed by atoms with E-state index in [9.17, 15) is 4.79 Å². The molecule has 0 aliphatic carbocycles. The third kappa shape index (κ3) is 2.96. The fourth-order valence-electron chi connectivity index (χ4n) is 2.66. The molecule has 0 amide bonds. The van der Waals surface area contributed by atoms with E-state index in [2.05, 4.69) is 4.98 Å². The van der Waals surface area contributed by atoms with Crippen molar-refractivity contribution in [2.75, 3.05) is 32.8 Å². The summed E-state index contributed by atoms with van der Waals surface area (Å²) in [6.45, 7) is 0. The van der Waals surface area contributed by atoms with Gasteiger partial charge < -0.3 is 25.7 Å². The van der Waals surface area contributed by atoms with Crippen LogP contribution >= 0.6 is 11.3 Å². The number of methoxy groups -OCH3 is 3. The van der Waals surface area contributed by atoms with E-state index in [1.165, 1.54) is 27.4 Å². The van der Waals surface area contributed by atoms with Crippen molar-refractivity contribution < 1.29 is 19.0 Å². The van der Waals surface area contributed by atoms with E-state index >= 15 is 0 Å². The van der Waals surface area contributed by atoms with Gasteiger partial charge in [-0.2, -0.15) is 5.26 Å². The predicted molar refractivity (Wildman–Crippen MR) is 103 cm³/mol. The number of ketones is 1. The van der Waals surface area contributed by atoms with Gasteiger partial charge in [-0.15, -0.1) is 11.3 Å². The van der Waals surface area contributed by atoms with Gasteiger partial charge in [0.2, 0.25) is 11.5 Å². The Kier molecular flexibility index (Phi) is 4.75. The Bertz CT molecular complexity index is 1080. The Balaban J connectivity index is 2.16. The van der Waals surface area contributed by atoms with Crippen molar-refractivity contribution in [3.63, 3.8) is 0 Å². The lowest BCUT2D eigenvalue weighted by Crippen LogP contribution is -2.04. The van der Waals surface area contributed by atoms with E-state index in [1.807, 2.05) is 6.07 Å². The molecule has 0 radical (unpaired) electrons. The van der Waals surface area contributed by atoms with Crippen LogP contribution in [-0.2, 0) is 0 Å². The maximum absolute atomic E-state index is 13.1. The number of carbonyl (C=O) groups is 1. The zero-order chi connectivity index (χ0) is 19.7. The smallest absolute Gasteiger partial charge is 0.205 e. The van der Waals surface area contributed by atoms with E-state index in [4.69, 9.17) is 30.9 Å². The van der Waals surface area contributed by atoms with Gasteiger partial charge in [0, 0.05) is 10.9 Å². The second kappa shape index (κ2) is 7.01. The number of pyridine rings is 1. The number of nitrogens with two attached hydrogens (primary N) is 2. The number of nitrogen functional groups attached to an aromatic ring is 2. The minimum absolute atomic E-state index is 0.0954. The molecule has 3 rings (SSSR count). The summed E-state index contributed by atoms with van der Waals surface area (Å²) in [7, 11) is 4.42. The van der Waals surface area contributed by atoms with E-state index in [0.717, 1.165) is 11.3 Å². The zero-order valence-corrected chi connectivity index (χ0v) is 15.6. The number of nitriles is 1. The van der Waals surface area contributed by atoms with E-state index < -0.39 is 0 Å². The lowest BCUT2D eigenvalue weighted by molar-refractivity contribution is 0.104. The Morgan fingerprint density at radius 2 is 1.74 bits per heavy atom. The summed E-state index contributed by atoms with van der Waals surface area (Å²) in [6.07, 6.45) is 0. The van der Waals surface area contributed by atoms with Gasteiger partial charge in [0.25, 0.3) is 0 Å². The van der Waals surface area contributed by atoms with Gasteiger partial charge in [-0.25, -0.2) is 4.98 Å². The Labute approximate surface area is 158 Å². The van der Waals surface area contributed by atoms with Crippen LogP contribution in [-0.4, -0.2) is 32.1 Å². The summed E-state index contributed by atoms with van der Waals surface area (Å²) in [5.41, 5.74) is 12.7. The maximum Gasteiger partial charge on any atom is 0.205 e. The molecule has 138 valence electrons. The molecule has 0 fully saturated rings. The lowest BCUT2D eigenvalue weighted by atomic mass is 10.1. The molecule has 2 aromatic heterocycles. The first kappa shape index (κ1) is 18.3. The molecule has 0 bridgehead atoms. The molecule has 3 aromatic rings. The Morgan fingerprint density at radius 1 is 1.11 bits per heavy atom. The van der Waals surface area contributed by atoms with Crippen LogP contribution in [0, 0.1) is 11.3 Å². The third-order valence-corrected chi connectivity index (χ3v) is 5.12. The number of nitrogens with zero attached hydrogens (tertiary/aromatic N) is 2. The molecule has 0 aliphatic rings. The molecule has 0 saturated carbocycles. The van der Waals surface area contributed by atoms with Gasteiger partial charge in [-0.05, 0) is 18.2 Å². The fraction of sp³-hybridized carbons (Fsp3) is 0.167. The van der Waals surface area contributed by atoms with Crippen LogP contribution < -0.4 is 25.7 Å². The lowest BCUT2D eigenvalue weighted by Gasteiger charge is -2.13. The molecule has 4 N–H and O–H groups in total. The maximum atomic E-state index is 13.1. The van der Waals surface area contributed by atoms with Gasteiger partial charge in [0.15, 0.2) is 11.5 Å². The first-order chi connectivity index (χ1) is 12.9. The van der Waals surface area contributed by atoms with Gasteiger partial charge >= 0.3 is 0 Å². The van der Waals surface area contributed by atoms with Crippen LogP contribution in [0.3, 0.4) is 0 Å². The molecular weight excluding hydrogens is 368 g/mol. The molecule has 0 unspecified atom stereocenters. The molecule has 27 heavy (non-hydrogen) atoms. The first-order valence-corrected chi connectivity index (χ1v) is 8.50. The summed E-state index contributed by atoms with van der Waals surface area (Å²) in [6, 6.07) is 6.60. The van der Waals surface area contributed by atoms with Gasteiger partial charge in [-0.1, -0.05) is 0 Å². The molecule has 0 spiro atoms. The fourth-order valence-corrected chi connectivity index (χ4v) is 3.70. The highest BCUT2D eigenvalue weighted by atomic mass is 32.1. The van der Waals surface area contributed by atoms with Gasteiger partial charge in [0.05, 0.1) is 32.6 Å². The molecule has 1 aromatic carbocycles. The summed E-state index contributed by atoms with van der Waals surface area (Å²) < 4.78 is 15.9. The predicted octanol–water partition coefficient (Wildman–Crippen LogP) is 2.59. The zero-order valence-electron chi connectivity index (χ0n) is 14.8. The molecular formula is C18H16N4O4S. The summed E-state index contributed by atoms with van der Waals surface area (Å²) >= 11 is 1.11. The van der Waals surface area contributed by atoms with Crippen LogP contribution in [0.4, 0.5) is 11.5 Å². The minimum atomic E-state index is -0.327.